The number of aryl methyl sites for hydroxylation is 1. The predicted molar refractivity (Wildman–Crippen MR) is 75.9 cm³/mol. The molecule has 0 saturated carbocycles. The van der Waals surface area contributed by atoms with Crippen LogP contribution >= 0.6 is 50.5 Å². The van der Waals surface area contributed by atoms with E-state index >= 15 is 0 Å². The molecule has 1 aromatic carbocycles. The van der Waals surface area contributed by atoms with E-state index < -0.39 is 5.38 Å². The molecule has 0 aliphatic rings. The fourth-order valence-electron chi connectivity index (χ4n) is 1.48. The summed E-state index contributed by atoms with van der Waals surface area (Å²) in [4.78, 5) is 0.825. The van der Waals surface area contributed by atoms with Gasteiger partial charge >= 0.3 is 0 Å². The Bertz CT molecular complexity index is 534. The van der Waals surface area contributed by atoms with Crippen molar-refractivity contribution in [3.05, 3.63) is 54.9 Å². The molecule has 0 spiro atoms. The number of benzene rings is 1. The lowest BCUT2D eigenvalue weighted by molar-refractivity contribution is 0.611. The van der Waals surface area contributed by atoms with Crippen molar-refractivity contribution >= 4 is 50.5 Å². The average Bonchev–Trinajstić information content (AvgIpc) is 2.58. The molecule has 0 nitrogen and oxygen atoms in total. The number of hydrogen-bond acceptors (Lipinski definition) is 1. The summed E-state index contributed by atoms with van der Waals surface area (Å²) in [7, 11) is 0. The molecule has 5 heteroatoms. The molecule has 0 fully saturated rings. The first kappa shape index (κ1) is 13.3. The Morgan fingerprint density at radius 2 is 2.06 bits per heavy atom. The summed E-state index contributed by atoms with van der Waals surface area (Å²) < 4.78 is 14.6. The van der Waals surface area contributed by atoms with Crippen LogP contribution in [-0.4, -0.2) is 0 Å². The first-order valence-electron chi connectivity index (χ1n) is 4.84. The van der Waals surface area contributed by atoms with Crippen LogP contribution in [-0.2, 0) is 0 Å². The molecule has 0 aliphatic heterocycles. The highest BCUT2D eigenvalue weighted by Crippen LogP contribution is 2.40. The molecule has 2 rings (SSSR count). The molecule has 1 heterocycles. The minimum absolute atomic E-state index is 0.286. The van der Waals surface area contributed by atoms with Crippen LogP contribution in [0.25, 0.3) is 0 Å². The van der Waals surface area contributed by atoms with Crippen molar-refractivity contribution in [1.29, 1.82) is 0 Å². The van der Waals surface area contributed by atoms with Gasteiger partial charge in [0.2, 0.25) is 0 Å². The van der Waals surface area contributed by atoms with Gasteiger partial charge in [-0.3, -0.25) is 0 Å². The van der Waals surface area contributed by atoms with Gasteiger partial charge in [-0.05, 0) is 40.5 Å². The molecule has 1 atom stereocenters. The third-order valence-corrected chi connectivity index (χ3v) is 5.48. The van der Waals surface area contributed by atoms with Crippen molar-refractivity contribution in [2.24, 2.45) is 0 Å². The van der Waals surface area contributed by atoms with E-state index in [1.165, 1.54) is 17.4 Å². The number of hydrogen-bond donors (Lipinski definition) is 0. The maximum atomic E-state index is 13.8. The average molecular weight is 354 g/mol. The highest BCUT2D eigenvalue weighted by molar-refractivity contribution is 9.11. The van der Waals surface area contributed by atoms with Gasteiger partial charge in [0.25, 0.3) is 0 Å². The number of alkyl halides is 1. The molecular formula is C12H8BrCl2FS. The van der Waals surface area contributed by atoms with E-state index in [9.17, 15) is 4.39 Å². The zero-order valence-electron chi connectivity index (χ0n) is 8.81. The normalized spacial score (nSPS) is 12.8. The smallest absolute Gasteiger partial charge is 0.128 e. The molecule has 0 aliphatic carbocycles. The van der Waals surface area contributed by atoms with Crippen LogP contribution < -0.4 is 0 Å². The molecule has 2 aromatic rings. The van der Waals surface area contributed by atoms with Crippen LogP contribution in [0.2, 0.25) is 5.02 Å². The molecule has 90 valence electrons. The molecule has 0 saturated heterocycles. The number of thiophene rings is 1. The van der Waals surface area contributed by atoms with E-state index in [1.807, 2.05) is 13.0 Å². The van der Waals surface area contributed by atoms with Crippen molar-refractivity contribution in [3.63, 3.8) is 0 Å². The maximum Gasteiger partial charge on any atom is 0.128 e. The Kier molecular flexibility index (Phi) is 4.14. The second-order valence-corrected chi connectivity index (χ2v) is 6.90. The highest BCUT2D eigenvalue weighted by atomic mass is 79.9. The van der Waals surface area contributed by atoms with Gasteiger partial charge in [-0.25, -0.2) is 4.39 Å². The summed E-state index contributed by atoms with van der Waals surface area (Å²) in [6.07, 6.45) is 0. The Hall–Kier alpha value is -0.0900. The van der Waals surface area contributed by atoms with Crippen LogP contribution in [0.3, 0.4) is 0 Å². The largest absolute Gasteiger partial charge is 0.207 e. The van der Waals surface area contributed by atoms with Gasteiger partial charge in [0, 0.05) is 10.4 Å². The van der Waals surface area contributed by atoms with Gasteiger partial charge in [-0.15, -0.1) is 22.9 Å². The third-order valence-electron chi connectivity index (χ3n) is 2.34. The lowest BCUT2D eigenvalue weighted by Gasteiger charge is -2.09. The van der Waals surface area contributed by atoms with Crippen LogP contribution in [0.4, 0.5) is 4.39 Å². The molecule has 0 amide bonds. The SMILES string of the molecule is Cc1ccc(C(Cl)c2cc(Cl)c(Br)s2)c(F)c1. The van der Waals surface area contributed by atoms with E-state index in [-0.39, 0.29) is 5.82 Å². The molecule has 1 unspecified atom stereocenters. The second-order valence-electron chi connectivity index (χ2n) is 3.66. The monoisotopic (exact) mass is 352 g/mol. The van der Waals surface area contributed by atoms with E-state index in [0.29, 0.717) is 10.6 Å². The van der Waals surface area contributed by atoms with E-state index in [1.54, 1.807) is 12.1 Å². The topological polar surface area (TPSA) is 0 Å². The van der Waals surface area contributed by atoms with Gasteiger partial charge in [0.15, 0.2) is 0 Å². The predicted octanol–water partition coefficient (Wildman–Crippen LogP) is 5.94. The van der Waals surface area contributed by atoms with Crippen molar-refractivity contribution in [2.45, 2.75) is 12.3 Å². The molecular weight excluding hydrogens is 346 g/mol. The van der Waals surface area contributed by atoms with Crippen molar-refractivity contribution in [3.8, 4) is 0 Å². The Morgan fingerprint density at radius 1 is 1.35 bits per heavy atom. The summed E-state index contributed by atoms with van der Waals surface area (Å²) in [5.74, 6) is -0.286. The van der Waals surface area contributed by atoms with Gasteiger partial charge < -0.3 is 0 Å². The Morgan fingerprint density at radius 3 is 2.59 bits per heavy atom. The fourth-order valence-corrected chi connectivity index (χ4v) is 3.60. The lowest BCUT2D eigenvalue weighted by Crippen LogP contribution is -1.95. The summed E-state index contributed by atoms with van der Waals surface area (Å²) in [5.41, 5.74) is 1.35. The van der Waals surface area contributed by atoms with E-state index in [0.717, 1.165) is 14.2 Å². The van der Waals surface area contributed by atoms with Gasteiger partial charge in [-0.2, -0.15) is 0 Å². The minimum Gasteiger partial charge on any atom is -0.207 e. The summed E-state index contributed by atoms with van der Waals surface area (Å²) >= 11 is 16.9. The summed E-state index contributed by atoms with van der Waals surface area (Å²) in [6.45, 7) is 1.84. The van der Waals surface area contributed by atoms with Crippen LogP contribution in [0.5, 0.6) is 0 Å². The Labute approximate surface area is 121 Å². The van der Waals surface area contributed by atoms with Crippen LogP contribution in [0, 0.1) is 12.7 Å². The van der Waals surface area contributed by atoms with E-state index in [4.69, 9.17) is 23.2 Å². The maximum absolute atomic E-state index is 13.8. The van der Waals surface area contributed by atoms with Gasteiger partial charge in [0.05, 0.1) is 14.2 Å². The van der Waals surface area contributed by atoms with Gasteiger partial charge in [0.1, 0.15) is 5.82 Å². The minimum atomic E-state index is -0.510. The zero-order chi connectivity index (χ0) is 12.6. The summed E-state index contributed by atoms with van der Waals surface area (Å²) in [6, 6.07) is 6.80. The molecule has 0 bridgehead atoms. The molecule has 0 N–H and O–H groups in total. The van der Waals surface area contributed by atoms with Crippen LogP contribution in [0.15, 0.2) is 28.1 Å². The van der Waals surface area contributed by atoms with Crippen molar-refractivity contribution < 1.29 is 4.39 Å². The third kappa shape index (κ3) is 2.84. The molecule has 17 heavy (non-hydrogen) atoms. The first-order valence-corrected chi connectivity index (χ1v) is 7.26. The van der Waals surface area contributed by atoms with Crippen molar-refractivity contribution in [2.75, 3.05) is 0 Å². The number of rotatable bonds is 2. The quantitative estimate of drug-likeness (QED) is 0.586. The first-order chi connectivity index (χ1) is 7.99. The molecule has 0 radical (unpaired) electrons. The van der Waals surface area contributed by atoms with Crippen molar-refractivity contribution in [1.82, 2.24) is 0 Å². The highest BCUT2D eigenvalue weighted by Gasteiger charge is 2.18. The Balaban J connectivity index is 2.39. The standard InChI is InChI=1S/C12H8BrCl2FS/c1-6-2-3-7(9(16)4-6)11(15)10-5-8(14)12(13)17-10/h2-5,11H,1H3. The molecule has 1 aromatic heterocycles. The zero-order valence-corrected chi connectivity index (χ0v) is 12.7. The fraction of sp³-hybridized carbons (Fsp3) is 0.167. The van der Waals surface area contributed by atoms with Gasteiger partial charge in [-0.1, -0.05) is 23.7 Å². The number of halogens is 4. The lowest BCUT2D eigenvalue weighted by atomic mass is 10.1. The van der Waals surface area contributed by atoms with Crippen LogP contribution in [0.1, 0.15) is 21.4 Å². The second kappa shape index (κ2) is 5.27. The van der Waals surface area contributed by atoms with E-state index in [2.05, 4.69) is 15.9 Å². The summed E-state index contributed by atoms with van der Waals surface area (Å²) in [5, 5.41) is 0.0903.